The minimum atomic E-state index is -4.53. The number of nitrogens with one attached hydrogen (secondary N) is 1. The second-order valence-corrected chi connectivity index (χ2v) is 6.80. The van der Waals surface area contributed by atoms with Gasteiger partial charge in [0.1, 0.15) is 0 Å². The summed E-state index contributed by atoms with van der Waals surface area (Å²) < 4.78 is 39.8. The summed E-state index contributed by atoms with van der Waals surface area (Å²) in [5.41, 5.74) is -0.131. The molecule has 3 heterocycles. The van der Waals surface area contributed by atoms with Crippen LogP contribution in [0.15, 0.2) is 34.4 Å². The van der Waals surface area contributed by atoms with Crippen LogP contribution in [0.1, 0.15) is 12.5 Å². The summed E-state index contributed by atoms with van der Waals surface area (Å²) in [6.45, 7) is 4.97. The molecule has 0 aromatic heterocycles. The minimum Gasteiger partial charge on any atom is -0.351 e. The predicted octanol–water partition coefficient (Wildman–Crippen LogP) is 3.43. The van der Waals surface area contributed by atoms with Crippen molar-refractivity contribution in [2.24, 2.45) is 9.98 Å². The zero-order chi connectivity index (χ0) is 18.5. The number of rotatable bonds is 0. The summed E-state index contributed by atoms with van der Waals surface area (Å²) in [6.07, 6.45) is -0.816. The van der Waals surface area contributed by atoms with Gasteiger partial charge in [0.15, 0.2) is 11.7 Å². The average Bonchev–Trinajstić information content (AvgIpc) is 2.60. The molecule has 138 valence electrons. The van der Waals surface area contributed by atoms with Crippen LogP contribution >= 0.6 is 11.6 Å². The van der Waals surface area contributed by atoms with Crippen LogP contribution in [0.2, 0.25) is 5.02 Å². The number of aliphatic imine (C=N–C) groups is 2. The minimum absolute atomic E-state index is 0.0270. The summed E-state index contributed by atoms with van der Waals surface area (Å²) in [5, 5.41) is 2.92. The standard InChI is InChI=1S/C17H17ClF3N5/c1-10-2-5-26-14-9-12(18)11(17(19,20)21)8-13(14)24-15(16(26)23-10)25-6-3-22-4-7-25/h2,5,8-10,22H,3-4,6-7H2,1H3. The molecule has 1 N–H and O–H groups in total. The summed E-state index contributed by atoms with van der Waals surface area (Å²) in [7, 11) is 0. The van der Waals surface area contributed by atoms with Gasteiger partial charge >= 0.3 is 6.18 Å². The topological polar surface area (TPSA) is 43.2 Å². The third-order valence-electron chi connectivity index (χ3n) is 4.54. The molecule has 26 heavy (non-hydrogen) atoms. The Balaban J connectivity index is 1.87. The second-order valence-electron chi connectivity index (χ2n) is 6.40. The predicted molar refractivity (Wildman–Crippen MR) is 96.5 cm³/mol. The fourth-order valence-corrected chi connectivity index (χ4v) is 3.51. The van der Waals surface area contributed by atoms with E-state index in [0.29, 0.717) is 17.4 Å². The van der Waals surface area contributed by atoms with E-state index in [-0.39, 0.29) is 16.8 Å². The summed E-state index contributed by atoms with van der Waals surface area (Å²) in [6, 6.07) is 2.30. The van der Waals surface area contributed by atoms with E-state index < -0.39 is 11.7 Å². The van der Waals surface area contributed by atoms with Crippen molar-refractivity contribution < 1.29 is 13.2 Å². The molecular formula is C17H17ClF3N5. The van der Waals surface area contributed by atoms with Crippen LogP contribution in [0.25, 0.3) is 0 Å². The van der Waals surface area contributed by atoms with E-state index in [1.165, 1.54) is 6.07 Å². The molecule has 0 saturated carbocycles. The first kappa shape index (κ1) is 17.4. The van der Waals surface area contributed by atoms with Crippen LogP contribution < -0.4 is 10.2 Å². The lowest BCUT2D eigenvalue weighted by molar-refractivity contribution is -0.137. The van der Waals surface area contributed by atoms with Crippen molar-refractivity contribution in [2.75, 3.05) is 31.1 Å². The van der Waals surface area contributed by atoms with Crippen LogP contribution in [-0.2, 0) is 6.18 Å². The quantitative estimate of drug-likeness (QED) is 0.746. The fraction of sp³-hybridized carbons (Fsp3) is 0.412. The van der Waals surface area contributed by atoms with Crippen LogP contribution in [0.4, 0.5) is 24.5 Å². The highest BCUT2D eigenvalue weighted by Gasteiger charge is 2.37. The number of benzene rings is 1. The molecule has 4 rings (SSSR count). The third kappa shape index (κ3) is 2.97. The zero-order valence-corrected chi connectivity index (χ0v) is 14.8. The maximum absolute atomic E-state index is 13.3. The number of hydrogen-bond donors (Lipinski definition) is 1. The smallest absolute Gasteiger partial charge is 0.351 e. The molecule has 5 nitrogen and oxygen atoms in total. The van der Waals surface area contributed by atoms with Crippen molar-refractivity contribution in [2.45, 2.75) is 19.1 Å². The van der Waals surface area contributed by atoms with Gasteiger partial charge < -0.3 is 10.2 Å². The van der Waals surface area contributed by atoms with Gasteiger partial charge in [-0.15, -0.1) is 0 Å². The summed E-state index contributed by atoms with van der Waals surface area (Å²) in [5.74, 6) is 1.25. The van der Waals surface area contributed by atoms with Crippen molar-refractivity contribution in [3.05, 3.63) is 35.0 Å². The van der Waals surface area contributed by atoms with Crippen molar-refractivity contribution >= 4 is 34.6 Å². The normalized spacial score (nSPS) is 22.6. The molecule has 0 amide bonds. The lowest BCUT2D eigenvalue weighted by atomic mass is 10.1. The molecular weight excluding hydrogens is 367 g/mol. The molecule has 0 radical (unpaired) electrons. The van der Waals surface area contributed by atoms with Gasteiger partial charge in [-0.3, -0.25) is 9.89 Å². The van der Waals surface area contributed by atoms with Crippen molar-refractivity contribution in [3.63, 3.8) is 0 Å². The second kappa shape index (κ2) is 6.28. The maximum Gasteiger partial charge on any atom is 0.417 e. The third-order valence-corrected chi connectivity index (χ3v) is 4.85. The largest absolute Gasteiger partial charge is 0.417 e. The zero-order valence-electron chi connectivity index (χ0n) is 14.0. The molecule has 1 unspecified atom stereocenters. The van der Waals surface area contributed by atoms with Crippen molar-refractivity contribution in [1.82, 2.24) is 10.2 Å². The van der Waals surface area contributed by atoms with E-state index in [4.69, 9.17) is 11.6 Å². The molecule has 1 fully saturated rings. The van der Waals surface area contributed by atoms with Gasteiger partial charge in [0.05, 0.1) is 28.0 Å². The average molecular weight is 384 g/mol. The Kier molecular flexibility index (Phi) is 4.19. The van der Waals surface area contributed by atoms with Gasteiger partial charge in [-0.05, 0) is 25.1 Å². The number of halogens is 4. The van der Waals surface area contributed by atoms with Gasteiger partial charge in [-0.2, -0.15) is 13.2 Å². The van der Waals surface area contributed by atoms with Crippen LogP contribution in [0.5, 0.6) is 0 Å². The number of fused-ring (bicyclic) bond motifs is 3. The highest BCUT2D eigenvalue weighted by atomic mass is 35.5. The van der Waals surface area contributed by atoms with Crippen LogP contribution in [0.3, 0.4) is 0 Å². The molecule has 0 bridgehead atoms. The summed E-state index contributed by atoms with van der Waals surface area (Å²) in [4.78, 5) is 13.0. The first-order valence-corrected chi connectivity index (χ1v) is 8.73. The Labute approximate surface area is 153 Å². The van der Waals surface area contributed by atoms with Gasteiger partial charge in [-0.1, -0.05) is 11.6 Å². The van der Waals surface area contributed by atoms with Gasteiger partial charge in [0.2, 0.25) is 0 Å². The lowest BCUT2D eigenvalue weighted by Crippen LogP contribution is -2.53. The Morgan fingerprint density at radius 3 is 2.62 bits per heavy atom. The van der Waals surface area contributed by atoms with Crippen molar-refractivity contribution in [1.29, 1.82) is 0 Å². The number of amidine groups is 2. The first-order chi connectivity index (χ1) is 12.3. The van der Waals surface area contributed by atoms with Gasteiger partial charge in [0.25, 0.3) is 0 Å². The number of hydrogen-bond acceptors (Lipinski definition) is 5. The monoisotopic (exact) mass is 383 g/mol. The molecule has 1 atom stereocenters. The van der Waals surface area contributed by atoms with Gasteiger partial charge in [-0.25, -0.2) is 4.99 Å². The highest BCUT2D eigenvalue weighted by Crippen LogP contribution is 2.44. The van der Waals surface area contributed by atoms with Crippen LogP contribution in [0, 0.1) is 0 Å². The Morgan fingerprint density at radius 2 is 1.92 bits per heavy atom. The molecule has 3 aliphatic heterocycles. The molecule has 9 heteroatoms. The molecule has 3 aliphatic rings. The maximum atomic E-state index is 13.3. The molecule has 1 aromatic rings. The lowest BCUT2D eigenvalue weighted by Gasteiger charge is -2.38. The molecule has 1 aromatic carbocycles. The van der Waals surface area contributed by atoms with E-state index in [1.54, 1.807) is 4.90 Å². The Bertz CT molecular complexity index is 824. The van der Waals surface area contributed by atoms with E-state index in [0.717, 1.165) is 32.2 Å². The van der Waals surface area contributed by atoms with E-state index >= 15 is 0 Å². The Morgan fingerprint density at radius 1 is 1.19 bits per heavy atom. The first-order valence-electron chi connectivity index (χ1n) is 8.35. The summed E-state index contributed by atoms with van der Waals surface area (Å²) >= 11 is 5.91. The number of nitrogens with zero attached hydrogens (tertiary/aromatic N) is 4. The van der Waals surface area contributed by atoms with E-state index in [1.807, 2.05) is 19.2 Å². The number of anilines is 1. The van der Waals surface area contributed by atoms with E-state index in [2.05, 4.69) is 20.2 Å². The fourth-order valence-electron chi connectivity index (χ4n) is 3.24. The SMILES string of the molecule is CC1C=CN2C(=N1)C(N1CCNCC1)=Nc1cc(C(F)(F)F)c(Cl)cc12. The number of piperazine rings is 1. The van der Waals surface area contributed by atoms with Gasteiger partial charge in [0, 0.05) is 32.4 Å². The molecule has 0 spiro atoms. The highest BCUT2D eigenvalue weighted by molar-refractivity contribution is 6.48. The molecule has 0 aliphatic carbocycles. The van der Waals surface area contributed by atoms with Crippen molar-refractivity contribution in [3.8, 4) is 0 Å². The molecule has 1 saturated heterocycles. The van der Waals surface area contributed by atoms with Crippen LogP contribution in [-0.4, -0.2) is 48.8 Å². The Hall–Kier alpha value is -2.06. The number of alkyl halides is 3. The van der Waals surface area contributed by atoms with E-state index in [9.17, 15) is 13.2 Å².